The lowest BCUT2D eigenvalue weighted by Crippen LogP contribution is -2.30. The number of nitrogens with one attached hydrogen (secondary N) is 1. The highest BCUT2D eigenvalue weighted by atomic mass is 35.5. The van der Waals surface area contributed by atoms with Crippen LogP contribution in [-0.2, 0) is 20.3 Å². The van der Waals surface area contributed by atoms with E-state index in [0.29, 0.717) is 26.1 Å². The van der Waals surface area contributed by atoms with Gasteiger partial charge in [0.05, 0.1) is 34.3 Å². The SMILES string of the molecule is COC(=O)C1=C(C)NC(C)=C(S(=O)c2ccc(C)cc2)[C@H]1c1ccccc1Cl. The number of halogens is 1. The second-order valence-electron chi connectivity index (χ2n) is 6.68. The number of esters is 1. The summed E-state index contributed by atoms with van der Waals surface area (Å²) in [7, 11) is -0.143. The van der Waals surface area contributed by atoms with Gasteiger partial charge in [-0.15, -0.1) is 0 Å². The average Bonchev–Trinajstić information content (AvgIpc) is 2.67. The molecule has 0 saturated carbocycles. The van der Waals surface area contributed by atoms with E-state index in [1.54, 1.807) is 6.07 Å². The van der Waals surface area contributed by atoms with Crippen LogP contribution in [0, 0.1) is 6.92 Å². The molecule has 28 heavy (non-hydrogen) atoms. The van der Waals surface area contributed by atoms with Crippen LogP contribution in [0.4, 0.5) is 0 Å². The van der Waals surface area contributed by atoms with Gasteiger partial charge < -0.3 is 10.1 Å². The van der Waals surface area contributed by atoms with Crippen molar-refractivity contribution in [2.75, 3.05) is 7.11 Å². The van der Waals surface area contributed by atoms with Crippen LogP contribution in [0.2, 0.25) is 5.02 Å². The van der Waals surface area contributed by atoms with Crippen LogP contribution in [0.25, 0.3) is 0 Å². The van der Waals surface area contributed by atoms with Crippen molar-refractivity contribution in [2.45, 2.75) is 31.6 Å². The monoisotopic (exact) mass is 415 g/mol. The van der Waals surface area contributed by atoms with Crippen molar-refractivity contribution in [2.24, 2.45) is 0 Å². The molecule has 0 amide bonds. The van der Waals surface area contributed by atoms with Crippen LogP contribution in [-0.4, -0.2) is 17.3 Å². The Morgan fingerprint density at radius 1 is 1.04 bits per heavy atom. The molecule has 4 nitrogen and oxygen atoms in total. The number of benzene rings is 2. The molecular weight excluding hydrogens is 394 g/mol. The van der Waals surface area contributed by atoms with Crippen molar-refractivity contribution in [1.82, 2.24) is 5.32 Å². The van der Waals surface area contributed by atoms with Gasteiger partial charge in [0.15, 0.2) is 0 Å². The molecule has 0 aromatic heterocycles. The number of ether oxygens (including phenoxy) is 1. The van der Waals surface area contributed by atoms with E-state index in [0.717, 1.165) is 16.8 Å². The molecule has 0 radical (unpaired) electrons. The maximum atomic E-state index is 13.6. The minimum Gasteiger partial charge on any atom is -0.466 e. The van der Waals surface area contributed by atoms with Crippen LogP contribution < -0.4 is 5.32 Å². The first-order chi connectivity index (χ1) is 13.3. The first-order valence-corrected chi connectivity index (χ1v) is 10.4. The predicted molar refractivity (Wildman–Crippen MR) is 112 cm³/mol. The molecule has 2 aromatic carbocycles. The standard InChI is InChI=1S/C22H22ClNO3S/c1-13-9-11-16(12-10-13)28(26)21-15(3)24-14(2)19(22(25)27-4)20(21)17-7-5-6-8-18(17)23/h5-12,20,24H,1-4H3/t20-,28?/m0/s1. The lowest BCUT2D eigenvalue weighted by molar-refractivity contribution is -0.136. The van der Waals surface area contributed by atoms with Crippen LogP contribution >= 0.6 is 11.6 Å². The van der Waals surface area contributed by atoms with E-state index < -0.39 is 22.7 Å². The van der Waals surface area contributed by atoms with E-state index in [-0.39, 0.29) is 0 Å². The number of methoxy groups -OCH3 is 1. The van der Waals surface area contributed by atoms with E-state index >= 15 is 0 Å². The summed E-state index contributed by atoms with van der Waals surface area (Å²) in [5, 5.41) is 3.71. The zero-order chi connectivity index (χ0) is 20.4. The smallest absolute Gasteiger partial charge is 0.336 e. The lowest BCUT2D eigenvalue weighted by Gasteiger charge is -2.31. The van der Waals surface area contributed by atoms with Gasteiger partial charge in [0.1, 0.15) is 0 Å². The van der Waals surface area contributed by atoms with Gasteiger partial charge in [0.2, 0.25) is 0 Å². The van der Waals surface area contributed by atoms with Crippen molar-refractivity contribution < 1.29 is 13.7 Å². The summed E-state index contributed by atoms with van der Waals surface area (Å²) < 4.78 is 18.6. The quantitative estimate of drug-likeness (QED) is 0.727. The summed E-state index contributed by atoms with van der Waals surface area (Å²) >= 11 is 6.49. The van der Waals surface area contributed by atoms with Gasteiger partial charge in [-0.1, -0.05) is 47.5 Å². The Morgan fingerprint density at radius 2 is 1.68 bits per heavy atom. The van der Waals surface area contributed by atoms with Crippen molar-refractivity contribution >= 4 is 28.4 Å². The van der Waals surface area contributed by atoms with E-state index in [4.69, 9.17) is 16.3 Å². The number of hydrogen-bond donors (Lipinski definition) is 1. The zero-order valence-corrected chi connectivity index (χ0v) is 17.8. The van der Waals surface area contributed by atoms with Crippen molar-refractivity contribution in [3.05, 3.63) is 86.6 Å². The summed E-state index contributed by atoms with van der Waals surface area (Å²) in [5.74, 6) is -1.04. The van der Waals surface area contributed by atoms with Gasteiger partial charge in [0.25, 0.3) is 0 Å². The van der Waals surface area contributed by atoms with Crippen molar-refractivity contribution in [3.8, 4) is 0 Å². The number of rotatable bonds is 4. The Kier molecular flexibility index (Phi) is 6.06. The normalized spacial score (nSPS) is 18.0. The Morgan fingerprint density at radius 3 is 2.29 bits per heavy atom. The second-order valence-corrected chi connectivity index (χ2v) is 8.54. The highest BCUT2D eigenvalue weighted by molar-refractivity contribution is 7.89. The summed E-state index contributed by atoms with van der Waals surface area (Å²) in [6.45, 7) is 5.65. The molecule has 1 aliphatic heterocycles. The fourth-order valence-electron chi connectivity index (χ4n) is 3.40. The molecule has 6 heteroatoms. The third-order valence-electron chi connectivity index (χ3n) is 4.76. The molecular formula is C22H22ClNO3S. The third kappa shape index (κ3) is 3.77. The van der Waals surface area contributed by atoms with Gasteiger partial charge in [-0.2, -0.15) is 0 Å². The Labute approximate surface area is 172 Å². The molecule has 3 rings (SSSR count). The fourth-order valence-corrected chi connectivity index (χ4v) is 5.07. The summed E-state index contributed by atoms with van der Waals surface area (Å²) in [5.41, 5.74) is 3.63. The van der Waals surface area contributed by atoms with Gasteiger partial charge in [-0.25, -0.2) is 9.00 Å². The van der Waals surface area contributed by atoms with Gasteiger partial charge in [-0.05, 0) is 44.5 Å². The zero-order valence-electron chi connectivity index (χ0n) is 16.2. The number of carbonyl (C=O) groups excluding carboxylic acids is 1. The summed E-state index contributed by atoms with van der Waals surface area (Å²) in [4.78, 5) is 13.9. The Hall–Kier alpha value is -2.37. The predicted octanol–water partition coefficient (Wildman–Crippen LogP) is 4.82. The molecule has 1 unspecified atom stereocenters. The van der Waals surface area contributed by atoms with Gasteiger partial charge >= 0.3 is 5.97 Å². The van der Waals surface area contributed by atoms with Crippen molar-refractivity contribution in [3.63, 3.8) is 0 Å². The lowest BCUT2D eigenvalue weighted by atomic mass is 9.86. The van der Waals surface area contributed by atoms with E-state index in [1.807, 2.05) is 63.2 Å². The molecule has 0 fully saturated rings. The number of allylic oxidation sites excluding steroid dienone is 3. The van der Waals surface area contributed by atoms with Crippen LogP contribution in [0.15, 0.2) is 75.3 Å². The molecule has 1 aliphatic rings. The van der Waals surface area contributed by atoms with Crippen LogP contribution in [0.3, 0.4) is 0 Å². The molecule has 0 spiro atoms. The minimum absolute atomic E-state index is 0.414. The number of hydrogen-bond acceptors (Lipinski definition) is 4. The summed E-state index contributed by atoms with van der Waals surface area (Å²) in [6, 6.07) is 14.8. The highest BCUT2D eigenvalue weighted by Gasteiger charge is 2.37. The van der Waals surface area contributed by atoms with E-state index in [2.05, 4.69) is 5.32 Å². The fraction of sp³-hybridized carbons (Fsp3) is 0.227. The third-order valence-corrected chi connectivity index (χ3v) is 6.74. The summed E-state index contributed by atoms with van der Waals surface area (Å²) in [6.07, 6.45) is 0. The minimum atomic E-state index is -1.48. The van der Waals surface area contributed by atoms with E-state index in [1.165, 1.54) is 7.11 Å². The van der Waals surface area contributed by atoms with Gasteiger partial charge in [-0.3, -0.25) is 0 Å². The van der Waals surface area contributed by atoms with Crippen LogP contribution in [0.1, 0.15) is 30.9 Å². The Bertz CT molecular complexity index is 1010. The maximum Gasteiger partial charge on any atom is 0.336 e. The molecule has 2 aromatic rings. The molecule has 0 bridgehead atoms. The first kappa shape index (κ1) is 20.4. The maximum absolute atomic E-state index is 13.6. The van der Waals surface area contributed by atoms with E-state index in [9.17, 15) is 9.00 Å². The number of carbonyl (C=O) groups is 1. The molecule has 1 N–H and O–H groups in total. The second kappa shape index (κ2) is 8.33. The first-order valence-electron chi connectivity index (χ1n) is 8.85. The van der Waals surface area contributed by atoms with Gasteiger partial charge in [0, 0.05) is 21.3 Å². The molecule has 0 saturated heterocycles. The molecule has 2 atom stereocenters. The number of dihydropyridines is 1. The molecule has 146 valence electrons. The van der Waals surface area contributed by atoms with Crippen molar-refractivity contribution in [1.29, 1.82) is 0 Å². The molecule has 0 aliphatic carbocycles. The Balaban J connectivity index is 2.22. The molecule has 1 heterocycles. The number of aryl methyl sites for hydroxylation is 1. The van der Waals surface area contributed by atoms with Crippen LogP contribution in [0.5, 0.6) is 0 Å². The average molecular weight is 416 g/mol. The highest BCUT2D eigenvalue weighted by Crippen LogP contribution is 2.43. The topological polar surface area (TPSA) is 55.4 Å². The largest absolute Gasteiger partial charge is 0.466 e.